The molecule has 1 aromatic carbocycles. The molecule has 0 heterocycles. The summed E-state index contributed by atoms with van der Waals surface area (Å²) in [4.78, 5) is 11.8. The van der Waals surface area contributed by atoms with E-state index in [9.17, 15) is 4.79 Å². The minimum atomic E-state index is -0.394. The molecule has 92 valence electrons. The van der Waals surface area contributed by atoms with Crippen LogP contribution in [0.3, 0.4) is 0 Å². The van der Waals surface area contributed by atoms with Gasteiger partial charge in [-0.05, 0) is 18.4 Å². The molecule has 3 nitrogen and oxygen atoms in total. The van der Waals surface area contributed by atoms with Crippen LogP contribution < -0.4 is 0 Å². The minimum absolute atomic E-state index is 0.0834. The summed E-state index contributed by atoms with van der Waals surface area (Å²) < 4.78 is 11.0. The SMILES string of the molecule is CO[C@@H]1CCCC(=O)[C@H]1OCc1ccccc1. The van der Waals surface area contributed by atoms with E-state index in [1.54, 1.807) is 7.11 Å². The molecule has 0 spiro atoms. The Hall–Kier alpha value is -1.19. The lowest BCUT2D eigenvalue weighted by molar-refractivity contribution is -0.147. The van der Waals surface area contributed by atoms with E-state index in [1.807, 2.05) is 30.3 Å². The van der Waals surface area contributed by atoms with Crippen molar-refractivity contribution in [2.75, 3.05) is 7.11 Å². The van der Waals surface area contributed by atoms with Gasteiger partial charge in [-0.15, -0.1) is 0 Å². The first kappa shape index (κ1) is 12.3. The predicted molar refractivity (Wildman–Crippen MR) is 64.7 cm³/mol. The monoisotopic (exact) mass is 234 g/mol. The highest BCUT2D eigenvalue weighted by molar-refractivity contribution is 5.84. The first-order valence-corrected chi connectivity index (χ1v) is 6.02. The number of hydrogen-bond donors (Lipinski definition) is 0. The molecule has 1 aliphatic rings. The second-order valence-corrected chi connectivity index (χ2v) is 4.35. The van der Waals surface area contributed by atoms with Crippen molar-refractivity contribution in [3.05, 3.63) is 35.9 Å². The molecule has 0 aromatic heterocycles. The molecule has 0 amide bonds. The summed E-state index contributed by atoms with van der Waals surface area (Å²) in [5.74, 6) is 0.166. The zero-order valence-electron chi connectivity index (χ0n) is 10.1. The van der Waals surface area contributed by atoms with Crippen LogP contribution in [0.15, 0.2) is 30.3 Å². The van der Waals surface area contributed by atoms with Gasteiger partial charge in [0.2, 0.25) is 0 Å². The second kappa shape index (κ2) is 5.94. The summed E-state index contributed by atoms with van der Waals surface area (Å²) in [6, 6.07) is 9.89. The van der Waals surface area contributed by atoms with E-state index in [-0.39, 0.29) is 11.9 Å². The number of Topliss-reactive ketones (excluding diaryl/α,β-unsaturated/α-hetero) is 1. The van der Waals surface area contributed by atoms with E-state index >= 15 is 0 Å². The van der Waals surface area contributed by atoms with Crippen LogP contribution in [-0.2, 0) is 20.9 Å². The molecular formula is C14H18O3. The average molecular weight is 234 g/mol. The molecule has 1 saturated carbocycles. The average Bonchev–Trinajstić information content (AvgIpc) is 2.38. The van der Waals surface area contributed by atoms with Crippen molar-refractivity contribution >= 4 is 5.78 Å². The number of ether oxygens (including phenoxy) is 2. The number of carbonyl (C=O) groups is 1. The van der Waals surface area contributed by atoms with Gasteiger partial charge in [0.1, 0.15) is 6.10 Å². The Balaban J connectivity index is 1.94. The van der Waals surface area contributed by atoms with Crippen LogP contribution in [0.5, 0.6) is 0 Å². The summed E-state index contributed by atoms with van der Waals surface area (Å²) in [5.41, 5.74) is 1.08. The molecule has 1 aromatic rings. The van der Waals surface area contributed by atoms with Crippen LogP contribution in [-0.4, -0.2) is 25.1 Å². The van der Waals surface area contributed by atoms with Crippen molar-refractivity contribution in [1.82, 2.24) is 0 Å². The maximum Gasteiger partial charge on any atom is 0.164 e. The van der Waals surface area contributed by atoms with E-state index in [4.69, 9.17) is 9.47 Å². The van der Waals surface area contributed by atoms with E-state index in [0.29, 0.717) is 13.0 Å². The topological polar surface area (TPSA) is 35.5 Å². The second-order valence-electron chi connectivity index (χ2n) is 4.35. The Morgan fingerprint density at radius 3 is 2.76 bits per heavy atom. The number of rotatable bonds is 4. The molecule has 0 aliphatic heterocycles. The molecule has 0 bridgehead atoms. The third kappa shape index (κ3) is 3.14. The zero-order chi connectivity index (χ0) is 12.1. The maximum absolute atomic E-state index is 11.8. The van der Waals surface area contributed by atoms with Crippen molar-refractivity contribution in [3.8, 4) is 0 Å². The zero-order valence-corrected chi connectivity index (χ0v) is 10.1. The minimum Gasteiger partial charge on any atom is -0.378 e. The van der Waals surface area contributed by atoms with Gasteiger partial charge < -0.3 is 9.47 Å². The van der Waals surface area contributed by atoms with E-state index < -0.39 is 6.10 Å². The lowest BCUT2D eigenvalue weighted by atomic mass is 9.93. The Bertz CT molecular complexity index is 361. The predicted octanol–water partition coefficient (Wildman–Crippen LogP) is 2.34. The summed E-state index contributed by atoms with van der Waals surface area (Å²) in [5, 5.41) is 0. The normalized spacial score (nSPS) is 24.9. The van der Waals surface area contributed by atoms with Crippen molar-refractivity contribution < 1.29 is 14.3 Å². The Labute approximate surface area is 102 Å². The molecular weight excluding hydrogens is 216 g/mol. The lowest BCUT2D eigenvalue weighted by Gasteiger charge is -2.29. The Kier molecular flexibility index (Phi) is 4.29. The van der Waals surface area contributed by atoms with Crippen molar-refractivity contribution in [3.63, 3.8) is 0 Å². The van der Waals surface area contributed by atoms with Crippen molar-refractivity contribution in [2.45, 2.75) is 38.1 Å². The molecule has 2 atom stereocenters. The van der Waals surface area contributed by atoms with Gasteiger partial charge in [0, 0.05) is 13.5 Å². The number of carbonyl (C=O) groups excluding carboxylic acids is 1. The van der Waals surface area contributed by atoms with E-state index in [2.05, 4.69) is 0 Å². The van der Waals surface area contributed by atoms with Crippen LogP contribution in [0.25, 0.3) is 0 Å². The van der Waals surface area contributed by atoms with Crippen molar-refractivity contribution in [1.29, 1.82) is 0 Å². The van der Waals surface area contributed by atoms with E-state index in [1.165, 1.54) is 0 Å². The fourth-order valence-electron chi connectivity index (χ4n) is 2.18. The molecule has 3 heteroatoms. The molecule has 17 heavy (non-hydrogen) atoms. The first-order valence-electron chi connectivity index (χ1n) is 6.02. The standard InChI is InChI=1S/C14H18O3/c1-16-13-9-5-8-12(15)14(13)17-10-11-6-3-2-4-7-11/h2-4,6-7,13-14H,5,8-10H2,1H3/t13-,14-/m1/s1. The summed E-state index contributed by atoms with van der Waals surface area (Å²) >= 11 is 0. The fraction of sp³-hybridized carbons (Fsp3) is 0.500. The highest BCUT2D eigenvalue weighted by Crippen LogP contribution is 2.21. The fourth-order valence-corrected chi connectivity index (χ4v) is 2.18. The maximum atomic E-state index is 11.8. The van der Waals surface area contributed by atoms with Gasteiger partial charge in [-0.2, -0.15) is 0 Å². The molecule has 1 fully saturated rings. The van der Waals surface area contributed by atoms with Gasteiger partial charge in [0.05, 0.1) is 12.7 Å². The number of methoxy groups -OCH3 is 1. The summed E-state index contributed by atoms with van der Waals surface area (Å²) in [7, 11) is 1.64. The van der Waals surface area contributed by atoms with Crippen LogP contribution in [0.1, 0.15) is 24.8 Å². The van der Waals surface area contributed by atoms with Gasteiger partial charge in [0.25, 0.3) is 0 Å². The third-order valence-electron chi connectivity index (χ3n) is 3.14. The molecule has 2 rings (SSSR count). The number of ketones is 1. The van der Waals surface area contributed by atoms with Crippen LogP contribution >= 0.6 is 0 Å². The third-order valence-corrected chi connectivity index (χ3v) is 3.14. The highest BCUT2D eigenvalue weighted by atomic mass is 16.5. The van der Waals surface area contributed by atoms with Gasteiger partial charge in [0.15, 0.2) is 5.78 Å². The molecule has 1 aliphatic carbocycles. The molecule has 0 radical (unpaired) electrons. The molecule has 0 N–H and O–H groups in total. The summed E-state index contributed by atoms with van der Waals surface area (Å²) in [6.45, 7) is 0.469. The van der Waals surface area contributed by atoms with Crippen LogP contribution in [0, 0.1) is 0 Å². The number of hydrogen-bond acceptors (Lipinski definition) is 3. The smallest absolute Gasteiger partial charge is 0.164 e. The van der Waals surface area contributed by atoms with E-state index in [0.717, 1.165) is 18.4 Å². The number of benzene rings is 1. The highest BCUT2D eigenvalue weighted by Gasteiger charge is 2.32. The van der Waals surface area contributed by atoms with Crippen LogP contribution in [0.4, 0.5) is 0 Å². The van der Waals surface area contributed by atoms with Gasteiger partial charge in [-0.25, -0.2) is 0 Å². The molecule has 0 unspecified atom stereocenters. The van der Waals surface area contributed by atoms with Gasteiger partial charge >= 0.3 is 0 Å². The summed E-state index contributed by atoms with van der Waals surface area (Å²) in [6.07, 6.45) is 1.94. The Morgan fingerprint density at radius 2 is 2.06 bits per heavy atom. The first-order chi connectivity index (χ1) is 8.31. The Morgan fingerprint density at radius 1 is 1.29 bits per heavy atom. The van der Waals surface area contributed by atoms with Gasteiger partial charge in [-0.3, -0.25) is 4.79 Å². The molecule has 0 saturated heterocycles. The van der Waals surface area contributed by atoms with Crippen molar-refractivity contribution in [2.24, 2.45) is 0 Å². The van der Waals surface area contributed by atoms with Gasteiger partial charge in [-0.1, -0.05) is 30.3 Å². The van der Waals surface area contributed by atoms with Crippen LogP contribution in [0.2, 0.25) is 0 Å². The lowest BCUT2D eigenvalue weighted by Crippen LogP contribution is -2.41. The quantitative estimate of drug-likeness (QED) is 0.802. The largest absolute Gasteiger partial charge is 0.378 e.